The molecule has 1 aromatic carbocycles. The Bertz CT molecular complexity index is 1280. The van der Waals surface area contributed by atoms with Crippen LogP contribution in [0.1, 0.15) is 46.5 Å². The van der Waals surface area contributed by atoms with E-state index < -0.39 is 11.4 Å². The fourth-order valence-electron chi connectivity index (χ4n) is 6.10. The molecule has 1 spiro atoms. The number of amides is 1. The van der Waals surface area contributed by atoms with Crippen molar-refractivity contribution in [3.8, 4) is 6.01 Å². The van der Waals surface area contributed by atoms with E-state index in [4.69, 9.17) is 30.8 Å². The van der Waals surface area contributed by atoms with Gasteiger partial charge in [0.2, 0.25) is 0 Å². The minimum absolute atomic E-state index is 0.0280. The zero-order valence-electron chi connectivity index (χ0n) is 23.2. The first kappa shape index (κ1) is 28.2. The Balaban J connectivity index is 1.17. The lowest BCUT2D eigenvalue weighted by Crippen LogP contribution is -2.62. The highest BCUT2D eigenvalue weighted by Gasteiger charge is 2.48. The molecular weight excluding hydrogens is 605 g/mol. The largest absolute Gasteiger partial charge is 0.460 e. The van der Waals surface area contributed by atoms with Gasteiger partial charge in [-0.1, -0.05) is 11.6 Å². The van der Waals surface area contributed by atoms with Crippen molar-refractivity contribution in [2.45, 2.75) is 64.2 Å². The summed E-state index contributed by atoms with van der Waals surface area (Å²) in [4.78, 5) is 28.2. The van der Waals surface area contributed by atoms with Crippen molar-refractivity contribution in [2.24, 2.45) is 5.41 Å². The number of halogens is 3. The van der Waals surface area contributed by atoms with Crippen LogP contribution in [0.3, 0.4) is 0 Å². The maximum atomic E-state index is 15.4. The number of carbonyl (C=O) groups is 1. The fraction of sp³-hybridized carbons (Fsp3) is 0.679. The number of nitrogens with zero attached hydrogens (tertiary/aromatic N) is 5. The van der Waals surface area contributed by atoms with E-state index in [1.54, 1.807) is 11.0 Å². The predicted molar refractivity (Wildman–Crippen MR) is 154 cm³/mol. The van der Waals surface area contributed by atoms with Gasteiger partial charge < -0.3 is 24.0 Å². The Kier molecular flexibility index (Phi) is 7.55. The summed E-state index contributed by atoms with van der Waals surface area (Å²) in [7, 11) is 0. The third-order valence-corrected chi connectivity index (χ3v) is 9.80. The molecule has 5 heterocycles. The first-order chi connectivity index (χ1) is 19.0. The maximum Gasteiger partial charge on any atom is 0.410 e. The molecule has 12 heteroatoms. The first-order valence-electron chi connectivity index (χ1n) is 14.1. The van der Waals surface area contributed by atoms with Gasteiger partial charge in [0.1, 0.15) is 23.0 Å². The van der Waals surface area contributed by atoms with Gasteiger partial charge in [-0.15, -0.1) is 0 Å². The molecule has 0 N–H and O–H groups in total. The highest BCUT2D eigenvalue weighted by atomic mass is 79.9. The SMILES string of the molecule is CC(C)(C)OC(=O)N1CC2(CCN(c3nc(OC4CCN(C5COC5)CC4)nc4c(F)c(Br)c(Cl)cc34)CC2)C1. The minimum atomic E-state index is -0.517. The molecular formula is C28H36BrClFN5O4. The molecule has 218 valence electrons. The smallest absolute Gasteiger partial charge is 0.410 e. The fourth-order valence-corrected chi connectivity index (χ4v) is 6.59. The second-order valence-corrected chi connectivity index (χ2v) is 13.8. The van der Waals surface area contributed by atoms with Crippen molar-refractivity contribution in [2.75, 3.05) is 57.4 Å². The molecule has 1 aromatic heterocycles. The van der Waals surface area contributed by atoms with E-state index in [2.05, 4.69) is 30.7 Å². The van der Waals surface area contributed by atoms with Gasteiger partial charge in [-0.25, -0.2) is 9.18 Å². The third kappa shape index (κ3) is 5.58. The Labute approximate surface area is 247 Å². The Morgan fingerprint density at radius 1 is 1.15 bits per heavy atom. The van der Waals surface area contributed by atoms with Gasteiger partial charge in [-0.05, 0) is 68.5 Å². The molecule has 40 heavy (non-hydrogen) atoms. The molecule has 2 aromatic rings. The second kappa shape index (κ2) is 10.7. The Hall–Kier alpha value is -1.95. The van der Waals surface area contributed by atoms with Crippen molar-refractivity contribution < 1.29 is 23.4 Å². The lowest BCUT2D eigenvalue weighted by Gasteiger charge is -2.53. The molecule has 0 atom stereocenters. The number of hydrogen-bond donors (Lipinski definition) is 0. The highest BCUT2D eigenvalue weighted by Crippen LogP contribution is 2.43. The number of aromatic nitrogens is 2. The van der Waals surface area contributed by atoms with Crippen molar-refractivity contribution in [3.05, 3.63) is 21.4 Å². The molecule has 0 aliphatic carbocycles. The number of ether oxygens (including phenoxy) is 3. The van der Waals surface area contributed by atoms with Crippen molar-refractivity contribution in [1.82, 2.24) is 19.8 Å². The van der Waals surface area contributed by atoms with Crippen LogP contribution in [0.15, 0.2) is 10.5 Å². The van der Waals surface area contributed by atoms with Gasteiger partial charge in [-0.3, -0.25) is 4.90 Å². The van der Waals surface area contributed by atoms with Gasteiger partial charge in [0.05, 0.1) is 28.8 Å². The van der Waals surface area contributed by atoms with E-state index in [-0.39, 0.29) is 38.6 Å². The van der Waals surface area contributed by atoms with Crippen molar-refractivity contribution in [1.29, 1.82) is 0 Å². The standard InChI is InChI=1S/C28H36BrClFN5O4/c1-27(2,3)40-26(37)36-15-28(16-36)6-10-35(11-7-28)24-19-12-20(30)21(29)22(31)23(19)32-25(33-24)39-18-4-8-34(9-5-18)17-13-38-14-17/h12,17-18H,4-11,13-16H2,1-3H3. The summed E-state index contributed by atoms with van der Waals surface area (Å²) in [5.74, 6) is 0.117. The summed E-state index contributed by atoms with van der Waals surface area (Å²) in [5.41, 5.74) is -0.244. The number of likely N-dealkylation sites (tertiary alicyclic amines) is 2. The average Bonchev–Trinajstić information content (AvgIpc) is 2.85. The summed E-state index contributed by atoms with van der Waals surface area (Å²) in [6.07, 6.45) is 3.22. The van der Waals surface area contributed by atoms with Gasteiger partial charge in [0.15, 0.2) is 5.82 Å². The molecule has 0 unspecified atom stereocenters. The Morgan fingerprint density at radius 3 is 2.42 bits per heavy atom. The van der Waals surface area contributed by atoms with Gasteiger partial charge in [0.25, 0.3) is 0 Å². The topological polar surface area (TPSA) is 80.3 Å². The molecule has 6 rings (SSSR count). The van der Waals surface area contributed by atoms with Gasteiger partial charge >= 0.3 is 12.1 Å². The van der Waals surface area contributed by atoms with E-state index in [9.17, 15) is 4.79 Å². The molecule has 4 aliphatic heterocycles. The normalized spacial score (nSPS) is 22.4. The summed E-state index contributed by atoms with van der Waals surface area (Å²) < 4.78 is 32.7. The average molecular weight is 641 g/mol. The van der Waals surface area contributed by atoms with Crippen LogP contribution < -0.4 is 9.64 Å². The maximum absolute atomic E-state index is 15.4. The van der Waals surface area contributed by atoms with Crippen LogP contribution in [-0.2, 0) is 9.47 Å². The third-order valence-electron chi connectivity index (χ3n) is 8.50. The van der Waals surface area contributed by atoms with Gasteiger partial charge in [-0.2, -0.15) is 9.97 Å². The summed E-state index contributed by atoms with van der Waals surface area (Å²) >= 11 is 9.63. The quantitative estimate of drug-likeness (QED) is 0.419. The monoisotopic (exact) mass is 639 g/mol. The van der Waals surface area contributed by atoms with Crippen LogP contribution in [-0.4, -0.2) is 96.1 Å². The van der Waals surface area contributed by atoms with Crippen molar-refractivity contribution in [3.63, 3.8) is 0 Å². The molecule has 0 bridgehead atoms. The van der Waals surface area contributed by atoms with E-state index in [0.29, 0.717) is 30.3 Å². The van der Waals surface area contributed by atoms with E-state index >= 15 is 4.39 Å². The van der Waals surface area contributed by atoms with Crippen LogP contribution in [0, 0.1) is 11.2 Å². The van der Waals surface area contributed by atoms with Crippen LogP contribution in [0.4, 0.5) is 15.0 Å². The zero-order chi connectivity index (χ0) is 28.2. The molecule has 4 fully saturated rings. The number of fused-ring (bicyclic) bond motifs is 1. The summed E-state index contributed by atoms with van der Waals surface area (Å²) in [5, 5.41) is 0.842. The van der Waals surface area contributed by atoms with E-state index in [1.165, 1.54) is 0 Å². The highest BCUT2D eigenvalue weighted by molar-refractivity contribution is 9.10. The molecule has 1 amide bonds. The van der Waals surface area contributed by atoms with E-state index in [0.717, 1.165) is 65.1 Å². The summed E-state index contributed by atoms with van der Waals surface area (Å²) in [6, 6.07) is 2.43. The van der Waals surface area contributed by atoms with Crippen molar-refractivity contribution >= 4 is 50.3 Å². The van der Waals surface area contributed by atoms with Gasteiger partial charge in [0, 0.05) is 50.1 Å². The Morgan fingerprint density at radius 2 is 1.82 bits per heavy atom. The minimum Gasteiger partial charge on any atom is -0.460 e. The number of piperidine rings is 2. The number of hydrogen-bond acceptors (Lipinski definition) is 8. The van der Waals surface area contributed by atoms with Crippen LogP contribution >= 0.6 is 27.5 Å². The van der Waals surface area contributed by atoms with E-state index in [1.807, 2.05) is 20.8 Å². The predicted octanol–water partition coefficient (Wildman–Crippen LogP) is 5.26. The first-order valence-corrected chi connectivity index (χ1v) is 15.2. The molecule has 4 saturated heterocycles. The molecule has 0 radical (unpaired) electrons. The molecule has 0 saturated carbocycles. The lowest BCUT2D eigenvalue weighted by molar-refractivity contribution is -0.0781. The number of rotatable bonds is 4. The zero-order valence-corrected chi connectivity index (χ0v) is 25.6. The molecule has 9 nitrogen and oxygen atoms in total. The van der Waals surface area contributed by atoms with Crippen LogP contribution in [0.25, 0.3) is 10.9 Å². The number of benzene rings is 1. The number of anilines is 1. The molecule has 4 aliphatic rings. The summed E-state index contributed by atoms with van der Waals surface area (Å²) in [6.45, 7) is 11.9. The number of carbonyl (C=O) groups excluding carboxylic acids is 1. The lowest BCUT2D eigenvalue weighted by atomic mass is 9.72. The second-order valence-electron chi connectivity index (χ2n) is 12.6. The van der Waals surface area contributed by atoms with Crippen LogP contribution in [0.2, 0.25) is 5.02 Å². The van der Waals surface area contributed by atoms with Crippen LogP contribution in [0.5, 0.6) is 6.01 Å².